The maximum atomic E-state index is 12.0. The van der Waals surface area contributed by atoms with Gasteiger partial charge in [0, 0.05) is 16.1 Å². The molecule has 1 N–H and O–H groups in total. The zero-order valence-electron chi connectivity index (χ0n) is 11.7. The maximum Gasteiger partial charge on any atom is 0.185 e. The highest BCUT2D eigenvalue weighted by atomic mass is 35.5. The molecule has 0 aliphatic carbocycles. The van der Waals surface area contributed by atoms with E-state index in [1.807, 2.05) is 48.5 Å². The number of H-pyrrole nitrogens is 1. The summed E-state index contributed by atoms with van der Waals surface area (Å²) in [5, 5.41) is 7.83. The molecule has 2 aromatic carbocycles. The van der Waals surface area contributed by atoms with Gasteiger partial charge < -0.3 is 0 Å². The van der Waals surface area contributed by atoms with Gasteiger partial charge in [-0.1, -0.05) is 54.1 Å². The first kappa shape index (κ1) is 14.3. The monoisotopic (exact) mass is 308 g/mol. The van der Waals surface area contributed by atoms with Crippen molar-refractivity contribution in [2.75, 3.05) is 0 Å². The lowest BCUT2D eigenvalue weighted by Crippen LogP contribution is -1.92. The van der Waals surface area contributed by atoms with Crippen LogP contribution in [-0.2, 0) is 0 Å². The van der Waals surface area contributed by atoms with Crippen LogP contribution in [0.2, 0.25) is 5.02 Å². The summed E-state index contributed by atoms with van der Waals surface area (Å²) in [7, 11) is 0. The quantitative estimate of drug-likeness (QED) is 0.564. The fraction of sp³-hybridized carbons (Fsp3) is 0. The maximum absolute atomic E-state index is 12.0. The molecule has 3 rings (SSSR count). The van der Waals surface area contributed by atoms with Gasteiger partial charge in [-0.05, 0) is 30.4 Å². The molecule has 0 bridgehead atoms. The van der Waals surface area contributed by atoms with Gasteiger partial charge in [-0.2, -0.15) is 5.10 Å². The highest BCUT2D eigenvalue weighted by Crippen LogP contribution is 2.20. The number of benzene rings is 2. The van der Waals surface area contributed by atoms with Crippen molar-refractivity contribution in [3.8, 4) is 11.3 Å². The van der Waals surface area contributed by atoms with Gasteiger partial charge in [0.05, 0.1) is 11.4 Å². The predicted molar refractivity (Wildman–Crippen MR) is 88.8 cm³/mol. The lowest BCUT2D eigenvalue weighted by atomic mass is 10.1. The molecule has 0 amide bonds. The number of nitrogens with zero attached hydrogens (tertiary/aromatic N) is 1. The third kappa shape index (κ3) is 3.32. The van der Waals surface area contributed by atoms with Gasteiger partial charge in [-0.15, -0.1) is 0 Å². The van der Waals surface area contributed by atoms with Crippen molar-refractivity contribution in [1.82, 2.24) is 10.2 Å². The zero-order chi connectivity index (χ0) is 15.4. The summed E-state index contributed by atoms with van der Waals surface area (Å²) in [6, 6.07) is 18.5. The first-order chi connectivity index (χ1) is 10.7. The Balaban J connectivity index is 1.75. The van der Waals surface area contributed by atoms with Crippen molar-refractivity contribution in [1.29, 1.82) is 0 Å². The van der Waals surface area contributed by atoms with Crippen molar-refractivity contribution < 1.29 is 4.79 Å². The van der Waals surface area contributed by atoms with Gasteiger partial charge >= 0.3 is 0 Å². The minimum Gasteiger partial charge on any atom is -0.289 e. The standard InChI is InChI=1S/C18H13ClN2O/c19-15-8-6-13(7-9-15)17-12-16(20-21-17)10-11-18(22)14-4-2-1-3-5-14/h1-12H,(H,20,21). The summed E-state index contributed by atoms with van der Waals surface area (Å²) in [4.78, 5) is 12.0. The largest absolute Gasteiger partial charge is 0.289 e. The lowest BCUT2D eigenvalue weighted by Gasteiger charge is -1.95. The minimum atomic E-state index is -0.0387. The number of ketones is 1. The van der Waals surface area contributed by atoms with E-state index in [2.05, 4.69) is 10.2 Å². The van der Waals surface area contributed by atoms with Crippen molar-refractivity contribution in [3.05, 3.63) is 83.0 Å². The van der Waals surface area contributed by atoms with Crippen LogP contribution in [0.25, 0.3) is 17.3 Å². The molecular formula is C18H13ClN2O. The predicted octanol–water partition coefficient (Wildman–Crippen LogP) is 4.63. The number of allylic oxidation sites excluding steroid dienone is 1. The molecule has 3 nitrogen and oxygen atoms in total. The fourth-order valence-electron chi connectivity index (χ4n) is 2.05. The average Bonchev–Trinajstić information content (AvgIpc) is 3.03. The molecule has 3 aromatic rings. The molecule has 0 aliphatic rings. The van der Waals surface area contributed by atoms with Gasteiger partial charge in [0.2, 0.25) is 0 Å². The van der Waals surface area contributed by atoms with Crippen molar-refractivity contribution in [2.24, 2.45) is 0 Å². The number of rotatable bonds is 4. The summed E-state index contributed by atoms with van der Waals surface area (Å²) in [5.74, 6) is -0.0387. The molecule has 4 heteroatoms. The molecule has 0 spiro atoms. The highest BCUT2D eigenvalue weighted by Gasteiger charge is 2.03. The Bertz CT molecular complexity index is 805. The number of hydrogen-bond acceptors (Lipinski definition) is 2. The third-order valence-corrected chi connectivity index (χ3v) is 3.46. The second kappa shape index (κ2) is 6.41. The van der Waals surface area contributed by atoms with Crippen LogP contribution in [-0.4, -0.2) is 16.0 Å². The molecule has 22 heavy (non-hydrogen) atoms. The second-order valence-corrected chi connectivity index (χ2v) is 5.22. The van der Waals surface area contributed by atoms with E-state index in [0.717, 1.165) is 17.0 Å². The number of carbonyl (C=O) groups excluding carboxylic acids is 1. The van der Waals surface area contributed by atoms with Crippen LogP contribution in [0, 0.1) is 0 Å². The molecule has 0 atom stereocenters. The van der Waals surface area contributed by atoms with Crippen LogP contribution in [0.15, 0.2) is 66.7 Å². The van der Waals surface area contributed by atoms with Crippen LogP contribution in [0.1, 0.15) is 16.1 Å². The van der Waals surface area contributed by atoms with Gasteiger partial charge in [-0.25, -0.2) is 0 Å². The van der Waals surface area contributed by atoms with Crippen LogP contribution in [0.3, 0.4) is 0 Å². The van der Waals surface area contributed by atoms with E-state index >= 15 is 0 Å². The van der Waals surface area contributed by atoms with Crippen LogP contribution < -0.4 is 0 Å². The van der Waals surface area contributed by atoms with E-state index in [9.17, 15) is 4.79 Å². The zero-order valence-corrected chi connectivity index (χ0v) is 12.4. The van der Waals surface area contributed by atoms with Crippen LogP contribution >= 0.6 is 11.6 Å². The Hall–Kier alpha value is -2.65. The molecule has 0 unspecified atom stereocenters. The Morgan fingerprint density at radius 2 is 1.77 bits per heavy atom. The molecule has 0 radical (unpaired) electrons. The first-order valence-corrected chi connectivity index (χ1v) is 7.19. The van der Waals surface area contributed by atoms with Gasteiger partial charge in [-0.3, -0.25) is 9.89 Å². The molecule has 0 aliphatic heterocycles. The fourth-order valence-corrected chi connectivity index (χ4v) is 2.18. The van der Waals surface area contributed by atoms with E-state index in [1.54, 1.807) is 18.2 Å². The number of nitrogens with one attached hydrogen (secondary N) is 1. The number of aromatic nitrogens is 2. The second-order valence-electron chi connectivity index (χ2n) is 4.78. The molecule has 0 saturated carbocycles. The Morgan fingerprint density at radius 3 is 2.50 bits per heavy atom. The van der Waals surface area contributed by atoms with Gasteiger partial charge in [0.25, 0.3) is 0 Å². The smallest absolute Gasteiger partial charge is 0.185 e. The third-order valence-electron chi connectivity index (χ3n) is 3.21. The number of aromatic amines is 1. The molecule has 0 saturated heterocycles. The van der Waals surface area contributed by atoms with Gasteiger partial charge in [0.15, 0.2) is 5.78 Å². The topological polar surface area (TPSA) is 45.8 Å². The van der Waals surface area contributed by atoms with E-state index in [4.69, 9.17) is 11.6 Å². The SMILES string of the molecule is O=C(C=Cc1cc(-c2ccc(Cl)cc2)n[nH]1)c1ccccc1. The summed E-state index contributed by atoms with van der Waals surface area (Å²) in [6.45, 7) is 0. The van der Waals surface area contributed by atoms with Crippen molar-refractivity contribution >= 4 is 23.5 Å². The molecule has 0 fully saturated rings. The van der Waals surface area contributed by atoms with Crippen LogP contribution in [0.4, 0.5) is 0 Å². The van der Waals surface area contributed by atoms with E-state index in [0.29, 0.717) is 10.6 Å². The van der Waals surface area contributed by atoms with E-state index in [-0.39, 0.29) is 5.78 Å². The number of carbonyl (C=O) groups is 1. The summed E-state index contributed by atoms with van der Waals surface area (Å²) >= 11 is 5.87. The Morgan fingerprint density at radius 1 is 1.05 bits per heavy atom. The molecule has 1 heterocycles. The molecular weight excluding hydrogens is 296 g/mol. The first-order valence-electron chi connectivity index (χ1n) is 6.81. The summed E-state index contributed by atoms with van der Waals surface area (Å²) in [6.07, 6.45) is 3.26. The normalized spacial score (nSPS) is 11.0. The Labute approximate surface area is 133 Å². The molecule has 108 valence electrons. The number of halogens is 1. The van der Waals surface area contributed by atoms with Crippen molar-refractivity contribution in [3.63, 3.8) is 0 Å². The van der Waals surface area contributed by atoms with E-state index < -0.39 is 0 Å². The van der Waals surface area contributed by atoms with E-state index in [1.165, 1.54) is 6.08 Å². The average molecular weight is 309 g/mol. The minimum absolute atomic E-state index is 0.0387. The van der Waals surface area contributed by atoms with Gasteiger partial charge in [0.1, 0.15) is 0 Å². The summed E-state index contributed by atoms with van der Waals surface area (Å²) < 4.78 is 0. The Kier molecular flexibility index (Phi) is 4.17. The molecule has 1 aromatic heterocycles. The highest BCUT2D eigenvalue weighted by molar-refractivity contribution is 6.30. The van der Waals surface area contributed by atoms with Crippen molar-refractivity contribution in [2.45, 2.75) is 0 Å². The lowest BCUT2D eigenvalue weighted by molar-refractivity contribution is 0.104. The van der Waals surface area contributed by atoms with Crippen LogP contribution in [0.5, 0.6) is 0 Å². The summed E-state index contributed by atoms with van der Waals surface area (Å²) in [5.41, 5.74) is 3.21. The number of hydrogen-bond donors (Lipinski definition) is 1.